The van der Waals surface area contributed by atoms with Crippen molar-refractivity contribution in [1.82, 2.24) is 15.5 Å². The lowest BCUT2D eigenvalue weighted by Gasteiger charge is -2.23. The van der Waals surface area contributed by atoms with Crippen LogP contribution in [0.2, 0.25) is 0 Å². The zero-order valence-electron chi connectivity index (χ0n) is 20.2. The summed E-state index contributed by atoms with van der Waals surface area (Å²) in [6.07, 6.45) is 1.81. The first-order chi connectivity index (χ1) is 16.5. The van der Waals surface area contributed by atoms with E-state index in [-0.39, 0.29) is 24.3 Å². The Hall–Kier alpha value is -3.18. The van der Waals surface area contributed by atoms with Crippen molar-refractivity contribution < 1.29 is 9.59 Å². The summed E-state index contributed by atoms with van der Waals surface area (Å²) in [6, 6.07) is 24.2. The Bertz CT molecular complexity index is 1110. The van der Waals surface area contributed by atoms with Crippen LogP contribution in [0.1, 0.15) is 37.8 Å². The van der Waals surface area contributed by atoms with Crippen LogP contribution in [0.15, 0.2) is 72.8 Å². The molecular formula is C29H35N3O2. The summed E-state index contributed by atoms with van der Waals surface area (Å²) >= 11 is 0. The van der Waals surface area contributed by atoms with E-state index < -0.39 is 6.04 Å². The van der Waals surface area contributed by atoms with Crippen LogP contribution < -0.4 is 10.6 Å². The summed E-state index contributed by atoms with van der Waals surface area (Å²) in [7, 11) is 0. The van der Waals surface area contributed by atoms with Gasteiger partial charge in [0.05, 0.1) is 6.42 Å². The number of benzene rings is 3. The monoisotopic (exact) mass is 457 g/mol. The lowest BCUT2D eigenvalue weighted by atomic mass is 10.0. The van der Waals surface area contributed by atoms with E-state index in [1.165, 1.54) is 5.56 Å². The molecule has 0 radical (unpaired) electrons. The first kappa shape index (κ1) is 24.0. The summed E-state index contributed by atoms with van der Waals surface area (Å²) in [5, 5.41) is 8.47. The fraction of sp³-hybridized carbons (Fsp3) is 0.379. The summed E-state index contributed by atoms with van der Waals surface area (Å²) in [6.45, 7) is 6.84. The minimum Gasteiger partial charge on any atom is -0.350 e. The zero-order chi connectivity index (χ0) is 23.9. The molecule has 2 N–H and O–H groups in total. The summed E-state index contributed by atoms with van der Waals surface area (Å²) < 4.78 is 0. The number of carbonyl (C=O) groups excluding carboxylic acids is 2. The van der Waals surface area contributed by atoms with Crippen LogP contribution in [0.3, 0.4) is 0 Å². The fourth-order valence-corrected chi connectivity index (χ4v) is 4.72. The highest BCUT2D eigenvalue weighted by Gasteiger charge is 2.28. The number of fused-ring (bicyclic) bond motifs is 1. The van der Waals surface area contributed by atoms with Crippen LogP contribution in [0, 0.1) is 5.92 Å². The van der Waals surface area contributed by atoms with Gasteiger partial charge in [-0.25, -0.2) is 0 Å². The Morgan fingerprint density at radius 3 is 2.44 bits per heavy atom. The molecule has 1 saturated heterocycles. The normalized spacial score (nSPS) is 17.1. The molecule has 2 atom stereocenters. The Morgan fingerprint density at radius 1 is 0.941 bits per heavy atom. The molecule has 0 spiro atoms. The van der Waals surface area contributed by atoms with Crippen LogP contribution >= 0.6 is 0 Å². The van der Waals surface area contributed by atoms with Crippen LogP contribution in [-0.2, 0) is 22.6 Å². The van der Waals surface area contributed by atoms with Crippen molar-refractivity contribution in [2.24, 2.45) is 5.92 Å². The Balaban J connectivity index is 1.32. The third kappa shape index (κ3) is 6.67. The van der Waals surface area contributed by atoms with Crippen LogP contribution in [0.4, 0.5) is 0 Å². The number of hydrogen-bond donors (Lipinski definition) is 2. The quantitative estimate of drug-likeness (QED) is 0.504. The second kappa shape index (κ2) is 11.3. The maximum absolute atomic E-state index is 13.1. The highest BCUT2D eigenvalue weighted by Crippen LogP contribution is 2.17. The van der Waals surface area contributed by atoms with Gasteiger partial charge in [-0.1, -0.05) is 86.6 Å². The van der Waals surface area contributed by atoms with Gasteiger partial charge in [-0.3, -0.25) is 14.5 Å². The van der Waals surface area contributed by atoms with Gasteiger partial charge in [0.15, 0.2) is 0 Å². The van der Waals surface area contributed by atoms with Crippen molar-refractivity contribution in [3.05, 3.63) is 83.9 Å². The van der Waals surface area contributed by atoms with Crippen molar-refractivity contribution in [2.45, 2.75) is 51.7 Å². The SMILES string of the molecule is CC(C)C[C@H](NC(=O)Cc1ccc2ccccc2c1)C(=O)N[C@H]1CCN(Cc2ccccc2)C1. The van der Waals surface area contributed by atoms with E-state index in [2.05, 4.69) is 65.8 Å². The van der Waals surface area contributed by atoms with E-state index in [0.717, 1.165) is 42.4 Å². The molecule has 5 heteroatoms. The summed E-state index contributed by atoms with van der Waals surface area (Å²) in [4.78, 5) is 28.3. The number of amides is 2. The molecule has 1 fully saturated rings. The Labute approximate surface area is 202 Å². The maximum Gasteiger partial charge on any atom is 0.242 e. The number of carbonyl (C=O) groups is 2. The molecule has 1 heterocycles. The van der Waals surface area contributed by atoms with E-state index in [9.17, 15) is 9.59 Å². The molecule has 34 heavy (non-hydrogen) atoms. The number of rotatable bonds is 9. The van der Waals surface area contributed by atoms with Crippen molar-refractivity contribution in [3.63, 3.8) is 0 Å². The van der Waals surface area contributed by atoms with Crippen LogP contribution in [0.25, 0.3) is 10.8 Å². The van der Waals surface area contributed by atoms with Gasteiger partial charge in [-0.15, -0.1) is 0 Å². The molecule has 1 aliphatic rings. The highest BCUT2D eigenvalue weighted by atomic mass is 16.2. The predicted octanol–water partition coefficient (Wildman–Crippen LogP) is 4.30. The van der Waals surface area contributed by atoms with E-state index in [1.54, 1.807) is 0 Å². The minimum absolute atomic E-state index is 0.0767. The highest BCUT2D eigenvalue weighted by molar-refractivity contribution is 5.89. The smallest absolute Gasteiger partial charge is 0.242 e. The van der Waals surface area contributed by atoms with Gasteiger partial charge >= 0.3 is 0 Å². The molecule has 178 valence electrons. The first-order valence-electron chi connectivity index (χ1n) is 12.3. The molecule has 5 nitrogen and oxygen atoms in total. The molecule has 0 bridgehead atoms. The van der Waals surface area contributed by atoms with E-state index in [0.29, 0.717) is 12.3 Å². The molecule has 0 aromatic heterocycles. The topological polar surface area (TPSA) is 61.4 Å². The zero-order valence-corrected chi connectivity index (χ0v) is 20.2. The van der Waals surface area contributed by atoms with Crippen molar-refractivity contribution >= 4 is 22.6 Å². The molecule has 0 aliphatic carbocycles. The number of nitrogens with one attached hydrogen (secondary N) is 2. The second-order valence-corrected chi connectivity index (χ2v) is 9.82. The Morgan fingerprint density at radius 2 is 1.68 bits per heavy atom. The average Bonchev–Trinajstić information content (AvgIpc) is 3.25. The lowest BCUT2D eigenvalue weighted by molar-refractivity contribution is -0.129. The third-order valence-electron chi connectivity index (χ3n) is 6.41. The molecule has 4 rings (SSSR count). The van der Waals surface area contributed by atoms with Crippen molar-refractivity contribution in [1.29, 1.82) is 0 Å². The molecular weight excluding hydrogens is 422 g/mol. The molecule has 2 amide bonds. The van der Waals surface area contributed by atoms with Crippen molar-refractivity contribution in [3.8, 4) is 0 Å². The van der Waals surface area contributed by atoms with Crippen LogP contribution in [-0.4, -0.2) is 41.9 Å². The average molecular weight is 458 g/mol. The lowest BCUT2D eigenvalue weighted by Crippen LogP contribution is -2.51. The first-order valence-corrected chi connectivity index (χ1v) is 12.3. The molecule has 0 saturated carbocycles. The predicted molar refractivity (Wildman–Crippen MR) is 137 cm³/mol. The second-order valence-electron chi connectivity index (χ2n) is 9.82. The van der Waals surface area contributed by atoms with E-state index >= 15 is 0 Å². The summed E-state index contributed by atoms with van der Waals surface area (Å²) in [5.41, 5.74) is 2.24. The molecule has 0 unspecified atom stereocenters. The van der Waals surface area contributed by atoms with Gasteiger partial charge in [-0.2, -0.15) is 0 Å². The summed E-state index contributed by atoms with van der Waals surface area (Å²) in [5.74, 6) is 0.107. The van der Waals surface area contributed by atoms with E-state index in [4.69, 9.17) is 0 Å². The van der Waals surface area contributed by atoms with Crippen LogP contribution in [0.5, 0.6) is 0 Å². The van der Waals surface area contributed by atoms with E-state index in [1.807, 2.05) is 36.4 Å². The number of nitrogens with zero attached hydrogens (tertiary/aromatic N) is 1. The molecule has 1 aliphatic heterocycles. The number of hydrogen-bond acceptors (Lipinski definition) is 3. The standard InChI is InChI=1S/C29H35N3O2/c1-21(2)16-27(31-28(33)18-23-12-13-24-10-6-7-11-25(24)17-23)29(34)30-26-14-15-32(20-26)19-22-8-4-3-5-9-22/h3-13,17,21,26-27H,14-16,18-20H2,1-2H3,(H,30,34)(H,31,33)/t26-,27-/m0/s1. The van der Waals surface area contributed by atoms with Crippen molar-refractivity contribution in [2.75, 3.05) is 13.1 Å². The molecule has 3 aromatic carbocycles. The van der Waals surface area contributed by atoms with Gasteiger partial charge in [0.2, 0.25) is 11.8 Å². The fourth-order valence-electron chi connectivity index (χ4n) is 4.72. The largest absolute Gasteiger partial charge is 0.350 e. The van der Waals surface area contributed by atoms with Gasteiger partial charge in [0.25, 0.3) is 0 Å². The van der Waals surface area contributed by atoms with Gasteiger partial charge in [0, 0.05) is 25.7 Å². The third-order valence-corrected chi connectivity index (χ3v) is 6.41. The molecule has 3 aromatic rings. The Kier molecular flexibility index (Phi) is 7.96. The number of likely N-dealkylation sites (tertiary alicyclic amines) is 1. The van der Waals surface area contributed by atoms with Gasteiger partial charge in [-0.05, 0) is 40.7 Å². The minimum atomic E-state index is -0.517. The van der Waals surface area contributed by atoms with Gasteiger partial charge < -0.3 is 10.6 Å². The maximum atomic E-state index is 13.1. The van der Waals surface area contributed by atoms with Gasteiger partial charge in [0.1, 0.15) is 6.04 Å².